The molecule has 1 heterocycles. The van der Waals surface area contributed by atoms with E-state index in [2.05, 4.69) is 5.32 Å². The monoisotopic (exact) mass is 344 g/mol. The van der Waals surface area contributed by atoms with Gasteiger partial charge in [0.2, 0.25) is 11.8 Å². The summed E-state index contributed by atoms with van der Waals surface area (Å²) in [5.41, 5.74) is 1.21. The van der Waals surface area contributed by atoms with Gasteiger partial charge in [-0.2, -0.15) is 0 Å². The molecule has 2 amide bonds. The number of hydrogen-bond acceptors (Lipinski definition) is 3. The zero-order valence-electron chi connectivity index (χ0n) is 14.4. The molecule has 2 aliphatic rings. The van der Waals surface area contributed by atoms with Crippen molar-refractivity contribution in [2.75, 3.05) is 11.9 Å². The van der Waals surface area contributed by atoms with Crippen LogP contribution in [0.15, 0.2) is 24.3 Å². The van der Waals surface area contributed by atoms with Crippen molar-refractivity contribution in [1.82, 2.24) is 4.90 Å². The van der Waals surface area contributed by atoms with E-state index in [0.29, 0.717) is 23.8 Å². The van der Waals surface area contributed by atoms with Crippen LogP contribution in [0.5, 0.6) is 0 Å². The van der Waals surface area contributed by atoms with E-state index in [1.807, 2.05) is 4.90 Å². The van der Waals surface area contributed by atoms with Gasteiger partial charge in [-0.05, 0) is 37.5 Å². The van der Waals surface area contributed by atoms with Crippen LogP contribution in [0.1, 0.15) is 50.5 Å². The van der Waals surface area contributed by atoms with Gasteiger partial charge in [-0.1, -0.05) is 25.0 Å². The van der Waals surface area contributed by atoms with Gasteiger partial charge in [0.05, 0.1) is 11.8 Å². The maximum absolute atomic E-state index is 12.5. The third-order valence-electron chi connectivity index (χ3n) is 5.32. The molecule has 6 heteroatoms. The lowest BCUT2D eigenvalue weighted by Crippen LogP contribution is -2.35. The van der Waals surface area contributed by atoms with E-state index < -0.39 is 11.9 Å². The normalized spacial score (nSPS) is 22.2. The fourth-order valence-electron chi connectivity index (χ4n) is 3.75. The topological polar surface area (TPSA) is 86.7 Å². The van der Waals surface area contributed by atoms with Crippen molar-refractivity contribution in [3.05, 3.63) is 29.8 Å². The van der Waals surface area contributed by atoms with Crippen LogP contribution in [0.25, 0.3) is 0 Å². The number of likely N-dealkylation sites (tertiary alicyclic amines) is 1. The zero-order chi connectivity index (χ0) is 18.0. The molecule has 1 saturated heterocycles. The molecule has 2 atom stereocenters. The van der Waals surface area contributed by atoms with Crippen LogP contribution in [0, 0.1) is 5.92 Å². The molecule has 0 unspecified atom stereocenters. The van der Waals surface area contributed by atoms with E-state index >= 15 is 0 Å². The SMILES string of the molecule is C[C@H](C(=O)O)c1cccc(NC(=O)[C@@H]2CC(=O)N(C3CCCC3)C2)c1. The molecule has 1 aromatic carbocycles. The summed E-state index contributed by atoms with van der Waals surface area (Å²) in [6.07, 6.45) is 4.64. The molecule has 134 valence electrons. The largest absolute Gasteiger partial charge is 0.481 e. The Bertz CT molecular complexity index is 682. The van der Waals surface area contributed by atoms with Crippen molar-refractivity contribution < 1.29 is 19.5 Å². The van der Waals surface area contributed by atoms with Crippen LogP contribution >= 0.6 is 0 Å². The van der Waals surface area contributed by atoms with E-state index in [-0.39, 0.29) is 24.2 Å². The van der Waals surface area contributed by atoms with E-state index in [9.17, 15) is 14.4 Å². The Hall–Kier alpha value is -2.37. The van der Waals surface area contributed by atoms with Crippen LogP contribution in [0.3, 0.4) is 0 Å². The zero-order valence-corrected chi connectivity index (χ0v) is 14.4. The Morgan fingerprint density at radius 3 is 2.68 bits per heavy atom. The number of anilines is 1. The first-order valence-electron chi connectivity index (χ1n) is 8.89. The van der Waals surface area contributed by atoms with Crippen molar-refractivity contribution in [2.45, 2.75) is 51.0 Å². The molecule has 25 heavy (non-hydrogen) atoms. The Morgan fingerprint density at radius 2 is 2.00 bits per heavy atom. The summed E-state index contributed by atoms with van der Waals surface area (Å²) in [6.45, 7) is 2.10. The molecule has 0 spiro atoms. The van der Waals surface area contributed by atoms with E-state index in [1.165, 1.54) is 0 Å². The van der Waals surface area contributed by atoms with E-state index in [0.717, 1.165) is 25.7 Å². The summed E-state index contributed by atoms with van der Waals surface area (Å²) in [5, 5.41) is 12.0. The Labute approximate surface area is 147 Å². The second-order valence-electron chi connectivity index (χ2n) is 7.06. The van der Waals surface area contributed by atoms with Gasteiger partial charge in [-0.3, -0.25) is 14.4 Å². The van der Waals surface area contributed by atoms with Crippen molar-refractivity contribution in [3.63, 3.8) is 0 Å². The summed E-state index contributed by atoms with van der Waals surface area (Å²) in [5.74, 6) is -1.98. The lowest BCUT2D eigenvalue weighted by atomic mass is 10.0. The molecular formula is C19H24N2O4. The second kappa shape index (κ2) is 7.25. The Kier molecular flexibility index (Phi) is 5.06. The highest BCUT2D eigenvalue weighted by molar-refractivity contribution is 5.97. The average molecular weight is 344 g/mol. The molecule has 1 aliphatic carbocycles. The molecule has 2 N–H and O–H groups in total. The predicted octanol–water partition coefficient (Wildman–Crippen LogP) is 2.60. The number of aliphatic carboxylic acids is 1. The van der Waals surface area contributed by atoms with Gasteiger partial charge in [0, 0.05) is 24.7 Å². The predicted molar refractivity (Wildman–Crippen MR) is 93.2 cm³/mol. The molecule has 1 aromatic rings. The summed E-state index contributed by atoms with van der Waals surface area (Å²) in [6, 6.07) is 7.18. The molecule has 0 radical (unpaired) electrons. The van der Waals surface area contributed by atoms with Crippen LogP contribution < -0.4 is 5.32 Å². The van der Waals surface area contributed by atoms with Crippen molar-refractivity contribution >= 4 is 23.5 Å². The summed E-state index contributed by atoms with van der Waals surface area (Å²) in [4.78, 5) is 37.7. The first-order chi connectivity index (χ1) is 12.0. The Morgan fingerprint density at radius 1 is 1.28 bits per heavy atom. The summed E-state index contributed by atoms with van der Waals surface area (Å²) < 4.78 is 0. The number of carboxylic acids is 1. The molecular weight excluding hydrogens is 320 g/mol. The van der Waals surface area contributed by atoms with Crippen molar-refractivity contribution in [2.24, 2.45) is 5.92 Å². The maximum atomic E-state index is 12.5. The molecule has 1 aliphatic heterocycles. The minimum atomic E-state index is -0.905. The van der Waals surface area contributed by atoms with Crippen LogP contribution in [0.2, 0.25) is 0 Å². The number of hydrogen-bond donors (Lipinski definition) is 2. The van der Waals surface area contributed by atoms with Crippen molar-refractivity contribution in [1.29, 1.82) is 0 Å². The summed E-state index contributed by atoms with van der Waals surface area (Å²) in [7, 11) is 0. The lowest BCUT2D eigenvalue weighted by molar-refractivity contribution is -0.138. The molecule has 0 aromatic heterocycles. The van der Waals surface area contributed by atoms with Gasteiger partial charge in [0.25, 0.3) is 0 Å². The first kappa shape index (κ1) is 17.5. The smallest absolute Gasteiger partial charge is 0.310 e. The highest BCUT2D eigenvalue weighted by atomic mass is 16.4. The minimum Gasteiger partial charge on any atom is -0.481 e. The third kappa shape index (κ3) is 3.83. The number of benzene rings is 1. The number of carbonyl (C=O) groups is 3. The molecule has 0 bridgehead atoms. The number of nitrogens with one attached hydrogen (secondary N) is 1. The number of carbonyl (C=O) groups excluding carboxylic acids is 2. The van der Waals surface area contributed by atoms with Gasteiger partial charge < -0.3 is 15.3 Å². The van der Waals surface area contributed by atoms with E-state index in [4.69, 9.17) is 5.11 Å². The minimum absolute atomic E-state index is 0.0697. The number of rotatable bonds is 5. The number of nitrogens with zero attached hydrogens (tertiary/aromatic N) is 1. The van der Waals surface area contributed by atoms with Crippen molar-refractivity contribution in [3.8, 4) is 0 Å². The van der Waals surface area contributed by atoms with Gasteiger partial charge in [-0.25, -0.2) is 0 Å². The van der Waals surface area contributed by atoms with Crippen LogP contribution in [0.4, 0.5) is 5.69 Å². The lowest BCUT2D eigenvalue weighted by Gasteiger charge is -2.23. The van der Waals surface area contributed by atoms with Gasteiger partial charge >= 0.3 is 5.97 Å². The summed E-state index contributed by atoms with van der Waals surface area (Å²) >= 11 is 0. The quantitative estimate of drug-likeness (QED) is 0.859. The first-order valence-corrected chi connectivity index (χ1v) is 8.89. The number of carboxylic acid groups (broad SMARTS) is 1. The third-order valence-corrected chi connectivity index (χ3v) is 5.32. The van der Waals surface area contributed by atoms with Gasteiger partial charge in [0.15, 0.2) is 0 Å². The fourth-order valence-corrected chi connectivity index (χ4v) is 3.75. The van der Waals surface area contributed by atoms with Crippen LogP contribution in [-0.4, -0.2) is 40.4 Å². The standard InChI is InChI=1S/C19H24N2O4/c1-12(19(24)25)13-5-4-6-15(9-13)20-18(23)14-10-17(22)21(11-14)16-7-2-3-8-16/h4-6,9,12,14,16H,2-3,7-8,10-11H2,1H3,(H,20,23)(H,24,25)/t12-,14+/m0/s1. The Balaban J connectivity index is 1.64. The second-order valence-corrected chi connectivity index (χ2v) is 7.06. The van der Waals surface area contributed by atoms with E-state index in [1.54, 1.807) is 31.2 Å². The van der Waals surface area contributed by atoms with Crippen LogP contribution in [-0.2, 0) is 14.4 Å². The molecule has 2 fully saturated rings. The highest BCUT2D eigenvalue weighted by Gasteiger charge is 2.38. The molecule has 1 saturated carbocycles. The van der Waals surface area contributed by atoms with Gasteiger partial charge in [0.1, 0.15) is 0 Å². The molecule has 3 rings (SSSR count). The highest BCUT2D eigenvalue weighted by Crippen LogP contribution is 2.30. The number of amides is 2. The van der Waals surface area contributed by atoms with Gasteiger partial charge in [-0.15, -0.1) is 0 Å². The fraction of sp³-hybridized carbons (Fsp3) is 0.526. The maximum Gasteiger partial charge on any atom is 0.310 e. The molecule has 6 nitrogen and oxygen atoms in total. The average Bonchev–Trinajstić information content (AvgIpc) is 3.23.